The van der Waals surface area contributed by atoms with E-state index in [0.717, 1.165) is 37.9 Å². The molecule has 0 N–H and O–H groups in total. The lowest BCUT2D eigenvalue weighted by molar-refractivity contribution is 0.273. The zero-order valence-corrected chi connectivity index (χ0v) is 15.5. The second-order valence-corrected chi connectivity index (χ2v) is 8.19. The molecule has 132 valence electrons. The number of ether oxygens (including phenoxy) is 2. The predicted octanol–water partition coefficient (Wildman–Crippen LogP) is 4.91. The fourth-order valence-electron chi connectivity index (χ4n) is 3.02. The van der Waals surface area contributed by atoms with Gasteiger partial charge in [-0.25, -0.2) is 9.98 Å². The molecule has 0 spiro atoms. The summed E-state index contributed by atoms with van der Waals surface area (Å²) < 4.78 is 11.2. The van der Waals surface area contributed by atoms with Crippen molar-refractivity contribution in [2.45, 2.75) is 96.6 Å². The van der Waals surface area contributed by atoms with E-state index in [1.807, 2.05) is 0 Å². The molecule has 0 fully saturated rings. The largest absolute Gasteiger partial charge is 0.478 e. The molecular formula is C19H34N2O2. The highest BCUT2D eigenvalue weighted by molar-refractivity contribution is 5.78. The van der Waals surface area contributed by atoms with Gasteiger partial charge in [0.25, 0.3) is 0 Å². The van der Waals surface area contributed by atoms with E-state index in [1.165, 1.54) is 44.9 Å². The molecule has 2 rings (SSSR count). The SMILES string of the molecule is CC1(C)COC(CCCCCCCCCC2=NC(C)(C)CO2)=N1. The summed E-state index contributed by atoms with van der Waals surface area (Å²) in [7, 11) is 0. The fraction of sp³-hybridized carbons (Fsp3) is 0.895. The Bertz CT molecular complexity index is 399. The van der Waals surface area contributed by atoms with E-state index in [-0.39, 0.29) is 11.1 Å². The van der Waals surface area contributed by atoms with Gasteiger partial charge < -0.3 is 9.47 Å². The summed E-state index contributed by atoms with van der Waals surface area (Å²) in [5.74, 6) is 1.94. The van der Waals surface area contributed by atoms with Crippen LogP contribution in [0.5, 0.6) is 0 Å². The van der Waals surface area contributed by atoms with Crippen LogP contribution in [0.15, 0.2) is 9.98 Å². The first-order valence-electron chi connectivity index (χ1n) is 9.29. The van der Waals surface area contributed by atoms with Crippen molar-refractivity contribution in [3.63, 3.8) is 0 Å². The van der Waals surface area contributed by atoms with Gasteiger partial charge in [-0.2, -0.15) is 0 Å². The topological polar surface area (TPSA) is 43.2 Å². The van der Waals surface area contributed by atoms with Crippen LogP contribution in [0, 0.1) is 0 Å². The average molecular weight is 322 g/mol. The number of rotatable bonds is 10. The predicted molar refractivity (Wildman–Crippen MR) is 96.5 cm³/mol. The highest BCUT2D eigenvalue weighted by Crippen LogP contribution is 2.21. The molecule has 0 aliphatic carbocycles. The summed E-state index contributed by atoms with van der Waals surface area (Å²) in [5.41, 5.74) is -0.00421. The molecule has 23 heavy (non-hydrogen) atoms. The van der Waals surface area contributed by atoms with Gasteiger partial charge in [-0.05, 0) is 40.5 Å². The molecule has 0 aromatic heterocycles. The Hall–Kier alpha value is -1.06. The van der Waals surface area contributed by atoms with Gasteiger partial charge in [-0.15, -0.1) is 0 Å². The lowest BCUT2D eigenvalue weighted by atomic mass is 10.1. The number of hydrogen-bond acceptors (Lipinski definition) is 4. The van der Waals surface area contributed by atoms with Crippen LogP contribution in [-0.2, 0) is 9.47 Å². The van der Waals surface area contributed by atoms with Crippen LogP contribution in [0.4, 0.5) is 0 Å². The molecule has 0 saturated heterocycles. The number of hydrogen-bond donors (Lipinski definition) is 0. The molecule has 2 heterocycles. The van der Waals surface area contributed by atoms with Crippen LogP contribution in [0.2, 0.25) is 0 Å². The number of nitrogens with zero attached hydrogens (tertiary/aromatic N) is 2. The van der Waals surface area contributed by atoms with Gasteiger partial charge in [0, 0.05) is 12.8 Å². The molecule has 0 atom stereocenters. The summed E-state index contributed by atoms with van der Waals surface area (Å²) in [6.45, 7) is 10.0. The van der Waals surface area contributed by atoms with Gasteiger partial charge in [0.1, 0.15) is 13.2 Å². The minimum atomic E-state index is -0.00211. The summed E-state index contributed by atoms with van der Waals surface area (Å²) in [6.07, 6.45) is 11.0. The monoisotopic (exact) mass is 322 g/mol. The molecule has 0 radical (unpaired) electrons. The van der Waals surface area contributed by atoms with E-state index in [0.29, 0.717) is 0 Å². The van der Waals surface area contributed by atoms with E-state index in [2.05, 4.69) is 37.7 Å². The Labute approximate surface area is 141 Å². The molecule has 0 aromatic carbocycles. The second-order valence-electron chi connectivity index (χ2n) is 8.19. The Morgan fingerprint density at radius 1 is 0.652 bits per heavy atom. The van der Waals surface area contributed by atoms with Crippen molar-refractivity contribution < 1.29 is 9.47 Å². The molecule has 0 unspecified atom stereocenters. The van der Waals surface area contributed by atoms with Crippen LogP contribution >= 0.6 is 0 Å². The third-order valence-corrected chi connectivity index (χ3v) is 4.32. The van der Waals surface area contributed by atoms with Crippen LogP contribution in [0.1, 0.15) is 85.5 Å². The van der Waals surface area contributed by atoms with Crippen molar-refractivity contribution in [2.75, 3.05) is 13.2 Å². The van der Waals surface area contributed by atoms with E-state index < -0.39 is 0 Å². The molecule has 0 saturated carbocycles. The first-order valence-corrected chi connectivity index (χ1v) is 9.29. The van der Waals surface area contributed by atoms with E-state index >= 15 is 0 Å². The van der Waals surface area contributed by atoms with Crippen molar-refractivity contribution in [1.29, 1.82) is 0 Å². The molecule has 2 aliphatic heterocycles. The van der Waals surface area contributed by atoms with Crippen molar-refractivity contribution in [3.05, 3.63) is 0 Å². The van der Waals surface area contributed by atoms with E-state index in [1.54, 1.807) is 0 Å². The van der Waals surface area contributed by atoms with Crippen molar-refractivity contribution in [2.24, 2.45) is 9.98 Å². The smallest absolute Gasteiger partial charge is 0.183 e. The minimum absolute atomic E-state index is 0.00211. The van der Waals surface area contributed by atoms with Gasteiger partial charge >= 0.3 is 0 Å². The normalized spacial score (nSPS) is 21.6. The summed E-state index contributed by atoms with van der Waals surface area (Å²) in [6, 6.07) is 0. The maximum atomic E-state index is 5.62. The van der Waals surface area contributed by atoms with Crippen LogP contribution in [0.3, 0.4) is 0 Å². The molecule has 2 aliphatic rings. The maximum Gasteiger partial charge on any atom is 0.183 e. The molecular weight excluding hydrogens is 288 g/mol. The lowest BCUT2D eigenvalue weighted by Gasteiger charge is -2.07. The highest BCUT2D eigenvalue weighted by atomic mass is 16.5. The third-order valence-electron chi connectivity index (χ3n) is 4.32. The van der Waals surface area contributed by atoms with Crippen LogP contribution in [-0.4, -0.2) is 36.1 Å². The Kier molecular flexibility index (Phi) is 6.49. The average Bonchev–Trinajstić information content (AvgIpc) is 2.99. The standard InChI is InChI=1S/C19H34N2O2/c1-18(2)14-22-16(20-18)12-10-8-6-5-7-9-11-13-17-21-19(3,4)15-23-17/h5-15H2,1-4H3. The van der Waals surface area contributed by atoms with Gasteiger partial charge in [0.2, 0.25) is 0 Å². The Balaban J connectivity index is 1.40. The van der Waals surface area contributed by atoms with E-state index in [9.17, 15) is 0 Å². The number of aliphatic imine (C=N–C) groups is 2. The molecule has 0 bridgehead atoms. The zero-order chi connectivity index (χ0) is 16.8. The van der Waals surface area contributed by atoms with Crippen molar-refractivity contribution in [1.82, 2.24) is 0 Å². The molecule has 0 aromatic rings. The van der Waals surface area contributed by atoms with Gasteiger partial charge in [-0.3, -0.25) is 0 Å². The van der Waals surface area contributed by atoms with Crippen molar-refractivity contribution >= 4 is 11.8 Å². The zero-order valence-electron chi connectivity index (χ0n) is 15.5. The van der Waals surface area contributed by atoms with Gasteiger partial charge in [-0.1, -0.05) is 32.1 Å². The van der Waals surface area contributed by atoms with E-state index in [4.69, 9.17) is 9.47 Å². The van der Waals surface area contributed by atoms with Gasteiger partial charge in [0.05, 0.1) is 11.1 Å². The second kappa shape index (κ2) is 8.16. The lowest BCUT2D eigenvalue weighted by Crippen LogP contribution is -2.17. The summed E-state index contributed by atoms with van der Waals surface area (Å²) in [4.78, 5) is 9.20. The quantitative estimate of drug-likeness (QED) is 0.536. The Morgan fingerprint density at radius 3 is 1.30 bits per heavy atom. The summed E-state index contributed by atoms with van der Waals surface area (Å²) in [5, 5.41) is 0. The first-order chi connectivity index (χ1) is 10.9. The minimum Gasteiger partial charge on any atom is -0.478 e. The number of unbranched alkanes of at least 4 members (excludes halogenated alkanes) is 6. The maximum absolute atomic E-state index is 5.62. The van der Waals surface area contributed by atoms with Crippen LogP contribution < -0.4 is 0 Å². The van der Waals surface area contributed by atoms with Crippen LogP contribution in [0.25, 0.3) is 0 Å². The molecule has 4 heteroatoms. The molecule has 4 nitrogen and oxygen atoms in total. The van der Waals surface area contributed by atoms with Gasteiger partial charge in [0.15, 0.2) is 11.8 Å². The highest BCUT2D eigenvalue weighted by Gasteiger charge is 2.26. The third kappa shape index (κ3) is 6.92. The first kappa shape index (κ1) is 18.3. The summed E-state index contributed by atoms with van der Waals surface area (Å²) >= 11 is 0. The fourth-order valence-corrected chi connectivity index (χ4v) is 3.02. The Morgan fingerprint density at radius 2 is 1.00 bits per heavy atom. The molecule has 0 amide bonds. The van der Waals surface area contributed by atoms with Crippen molar-refractivity contribution in [3.8, 4) is 0 Å².